The molecule has 10 nitrogen and oxygen atoms in total. The highest BCUT2D eigenvalue weighted by Crippen LogP contribution is 2.31. The van der Waals surface area contributed by atoms with Gasteiger partial charge in [0.1, 0.15) is 11.4 Å². The Kier molecular flexibility index (Phi) is 6.94. The van der Waals surface area contributed by atoms with E-state index < -0.39 is 11.7 Å². The number of tetrazole rings is 1. The number of nitrogens with zero attached hydrogens (tertiary/aromatic N) is 5. The fourth-order valence-electron chi connectivity index (χ4n) is 3.93. The summed E-state index contributed by atoms with van der Waals surface area (Å²) in [5.74, 6) is 1.05. The highest BCUT2D eigenvalue weighted by molar-refractivity contribution is 5.94. The third kappa shape index (κ3) is 4.78. The van der Waals surface area contributed by atoms with Crippen LogP contribution in [0.3, 0.4) is 0 Å². The average molecular weight is 471 g/mol. The van der Waals surface area contributed by atoms with E-state index in [1.165, 1.54) is 0 Å². The number of amides is 1. The molecule has 2 heterocycles. The number of aryl methyl sites for hydroxylation is 1. The lowest BCUT2D eigenvalue weighted by Crippen LogP contribution is -2.47. The highest BCUT2D eigenvalue weighted by Gasteiger charge is 2.31. The maximum absolute atomic E-state index is 13.4. The van der Waals surface area contributed by atoms with E-state index in [9.17, 15) is 9.59 Å². The number of anilines is 1. The van der Waals surface area contributed by atoms with E-state index in [0.29, 0.717) is 17.2 Å². The van der Waals surface area contributed by atoms with Crippen LogP contribution in [0.2, 0.25) is 0 Å². The van der Waals surface area contributed by atoms with E-state index in [2.05, 4.69) is 10.4 Å². The van der Waals surface area contributed by atoms with Crippen LogP contribution in [-0.4, -0.2) is 38.0 Å². The van der Waals surface area contributed by atoms with Gasteiger partial charge in [0.15, 0.2) is 5.75 Å². The molecule has 1 aliphatic rings. The minimum absolute atomic E-state index is 0.0665. The molecule has 35 heavy (non-hydrogen) atoms. The molecular formula is C25H21N5O5. The van der Waals surface area contributed by atoms with Crippen LogP contribution in [0.15, 0.2) is 83.7 Å². The summed E-state index contributed by atoms with van der Waals surface area (Å²) in [6, 6.07) is 23.4. The van der Waals surface area contributed by atoms with E-state index in [1.807, 2.05) is 61.5 Å². The van der Waals surface area contributed by atoms with Crippen LogP contribution in [0.5, 0.6) is 11.5 Å². The van der Waals surface area contributed by atoms with Crippen molar-refractivity contribution in [3.63, 3.8) is 0 Å². The van der Waals surface area contributed by atoms with E-state index in [1.54, 1.807) is 29.2 Å². The van der Waals surface area contributed by atoms with E-state index in [0.717, 1.165) is 33.5 Å². The molecule has 4 aromatic rings. The number of rotatable bonds is 3. The fraction of sp³-hybridized carbons (Fsp3) is 0.160. The standard InChI is InChI=1S/C24H21N5O3.CO2/c1-17-15-16-18-9-5-6-12-20(18)27(17)23(30)29-24(31)28(25-26-29)21-13-7-8-14-22(21)32-19-10-3-2-4-11-19;2-1-3/h2-14,17H,15-16H2,1H3;. The lowest BCUT2D eigenvalue weighted by Gasteiger charge is -2.34. The molecule has 0 aliphatic carbocycles. The zero-order valence-corrected chi connectivity index (χ0v) is 18.8. The van der Waals surface area contributed by atoms with Crippen LogP contribution >= 0.6 is 0 Å². The first-order valence-electron chi connectivity index (χ1n) is 10.8. The Morgan fingerprint density at radius 2 is 1.54 bits per heavy atom. The molecule has 0 spiro atoms. The third-order valence-electron chi connectivity index (χ3n) is 5.56. The summed E-state index contributed by atoms with van der Waals surface area (Å²) in [4.78, 5) is 44.4. The van der Waals surface area contributed by atoms with Crippen LogP contribution in [0.25, 0.3) is 5.69 Å². The van der Waals surface area contributed by atoms with E-state index >= 15 is 0 Å². The van der Waals surface area contributed by atoms with Gasteiger partial charge in [-0.25, -0.2) is 9.59 Å². The molecule has 0 saturated heterocycles. The van der Waals surface area contributed by atoms with Crippen LogP contribution in [0.4, 0.5) is 10.5 Å². The molecule has 1 aromatic heterocycles. The van der Waals surface area contributed by atoms with Gasteiger partial charge < -0.3 is 4.74 Å². The molecule has 0 N–H and O–H groups in total. The van der Waals surface area contributed by atoms with Crippen molar-refractivity contribution in [3.05, 3.63) is 94.9 Å². The molecule has 176 valence electrons. The highest BCUT2D eigenvalue weighted by atomic mass is 16.5. The molecule has 0 radical (unpaired) electrons. The summed E-state index contributed by atoms with van der Waals surface area (Å²) in [5.41, 5.74) is 1.60. The van der Waals surface area contributed by atoms with Crippen LogP contribution < -0.4 is 15.3 Å². The minimum atomic E-state index is -0.658. The lowest BCUT2D eigenvalue weighted by atomic mass is 9.97. The number of hydrogen-bond donors (Lipinski definition) is 0. The van der Waals surface area contributed by atoms with E-state index in [-0.39, 0.29) is 12.2 Å². The van der Waals surface area contributed by atoms with Gasteiger partial charge in [-0.05, 0) is 66.1 Å². The Hall–Kier alpha value is -4.82. The number of para-hydroxylation sites is 4. The topological polar surface area (TPSA) is 116 Å². The Labute approximate surface area is 200 Å². The molecule has 5 rings (SSSR count). The largest absolute Gasteiger partial charge is 0.455 e. The summed E-state index contributed by atoms with van der Waals surface area (Å²) in [6.07, 6.45) is 1.94. The lowest BCUT2D eigenvalue weighted by molar-refractivity contribution is -0.191. The Morgan fingerprint density at radius 3 is 2.29 bits per heavy atom. The average Bonchev–Trinajstić information content (AvgIpc) is 3.26. The maximum Gasteiger partial charge on any atom is 0.377 e. The van der Waals surface area contributed by atoms with Crippen molar-refractivity contribution < 1.29 is 19.1 Å². The van der Waals surface area contributed by atoms with E-state index in [4.69, 9.17) is 14.3 Å². The van der Waals surface area contributed by atoms with Crippen LogP contribution in [0, 0.1) is 0 Å². The molecule has 1 unspecified atom stereocenters. The number of carbonyl (C=O) groups is 1. The van der Waals surface area contributed by atoms with Gasteiger partial charge in [0.05, 0.1) is 0 Å². The van der Waals surface area contributed by atoms with Crippen molar-refractivity contribution >= 4 is 17.9 Å². The Balaban J connectivity index is 0.000000917. The van der Waals surface area contributed by atoms with Gasteiger partial charge in [-0.3, -0.25) is 4.90 Å². The number of fused-ring (bicyclic) bond motifs is 1. The summed E-state index contributed by atoms with van der Waals surface area (Å²) >= 11 is 0. The monoisotopic (exact) mass is 471 g/mol. The van der Waals surface area contributed by atoms with Gasteiger partial charge in [-0.1, -0.05) is 48.5 Å². The first-order chi connectivity index (χ1) is 17.0. The maximum atomic E-state index is 13.4. The van der Waals surface area contributed by atoms with Gasteiger partial charge >= 0.3 is 17.9 Å². The van der Waals surface area contributed by atoms with Gasteiger partial charge in [0.2, 0.25) is 0 Å². The molecule has 1 amide bonds. The summed E-state index contributed by atoms with van der Waals surface area (Å²) in [6.45, 7) is 1.96. The molecule has 10 heteroatoms. The fourth-order valence-corrected chi connectivity index (χ4v) is 3.93. The van der Waals surface area contributed by atoms with Crippen LogP contribution in [0.1, 0.15) is 18.9 Å². The van der Waals surface area contributed by atoms with Crippen molar-refractivity contribution in [2.45, 2.75) is 25.8 Å². The number of carbonyl (C=O) groups excluding carboxylic acids is 3. The molecule has 3 aromatic carbocycles. The molecule has 0 fully saturated rings. The number of benzene rings is 3. The molecule has 1 atom stereocenters. The predicted molar refractivity (Wildman–Crippen MR) is 125 cm³/mol. The minimum Gasteiger partial charge on any atom is -0.455 e. The van der Waals surface area contributed by atoms with Gasteiger partial charge in [0.25, 0.3) is 0 Å². The first kappa shape index (κ1) is 23.3. The Morgan fingerprint density at radius 1 is 0.914 bits per heavy atom. The SMILES string of the molecule is CC1CCc2ccccc2N1C(=O)n1nnn(-c2ccccc2Oc2ccccc2)c1=O.O=C=O. The quantitative estimate of drug-likeness (QED) is 0.420. The molecule has 1 aliphatic heterocycles. The third-order valence-corrected chi connectivity index (χ3v) is 5.56. The van der Waals surface area contributed by atoms with Crippen molar-refractivity contribution in [1.82, 2.24) is 19.8 Å². The summed E-state index contributed by atoms with van der Waals surface area (Å²) in [7, 11) is 0. The Bertz CT molecular complexity index is 1420. The van der Waals surface area contributed by atoms with Gasteiger partial charge in [-0.15, -0.1) is 4.68 Å². The van der Waals surface area contributed by atoms with Crippen molar-refractivity contribution in [3.8, 4) is 17.2 Å². The van der Waals surface area contributed by atoms with Crippen molar-refractivity contribution in [2.75, 3.05) is 4.90 Å². The second-order valence-corrected chi connectivity index (χ2v) is 7.72. The van der Waals surface area contributed by atoms with Crippen molar-refractivity contribution in [1.29, 1.82) is 0 Å². The summed E-state index contributed by atoms with van der Waals surface area (Å²) < 4.78 is 7.82. The number of ether oxygens (including phenoxy) is 1. The first-order valence-corrected chi connectivity index (χ1v) is 10.8. The smallest absolute Gasteiger partial charge is 0.377 e. The predicted octanol–water partition coefficient (Wildman–Crippen LogP) is 3.45. The second kappa shape index (κ2) is 10.4. The van der Waals surface area contributed by atoms with Crippen LogP contribution in [-0.2, 0) is 16.0 Å². The molecular weight excluding hydrogens is 450 g/mol. The second-order valence-electron chi connectivity index (χ2n) is 7.72. The summed E-state index contributed by atoms with van der Waals surface area (Å²) in [5, 5.41) is 7.87. The zero-order chi connectivity index (χ0) is 24.8. The molecule has 0 saturated carbocycles. The van der Waals surface area contributed by atoms with Gasteiger partial charge in [0, 0.05) is 11.7 Å². The molecule has 0 bridgehead atoms. The normalized spacial score (nSPS) is 14.2. The number of aromatic nitrogens is 4. The van der Waals surface area contributed by atoms with Crippen molar-refractivity contribution in [2.24, 2.45) is 0 Å². The number of hydrogen-bond acceptors (Lipinski definition) is 7. The van der Waals surface area contributed by atoms with Gasteiger partial charge in [-0.2, -0.15) is 14.3 Å². The zero-order valence-electron chi connectivity index (χ0n) is 18.8.